The predicted molar refractivity (Wildman–Crippen MR) is 327 cm³/mol. The van der Waals surface area contributed by atoms with Gasteiger partial charge in [-0.25, -0.2) is 24.2 Å². The number of phenolic OH excluding ortho intramolecular Hbond substituents is 2. The smallest absolute Gasteiger partial charge is 0.338 e. The number of nitrogens with zero attached hydrogens (tertiary/aromatic N) is 2. The van der Waals surface area contributed by atoms with Crippen LogP contribution in [0.3, 0.4) is 0 Å². The molecule has 89 heavy (non-hydrogen) atoms. The Hall–Kier alpha value is -10.7. The Kier molecular flexibility index (Phi) is 19.7. The van der Waals surface area contributed by atoms with Crippen LogP contribution in [-0.4, -0.2) is 148 Å². The molecule has 2 unspecified atom stereocenters. The number of phenols is 2. The number of rotatable bonds is 26. The van der Waals surface area contributed by atoms with Crippen molar-refractivity contribution in [1.29, 1.82) is 0 Å². The van der Waals surface area contributed by atoms with Crippen molar-refractivity contribution in [3.63, 3.8) is 0 Å². The number of aromatic nitrogens is 2. The van der Waals surface area contributed by atoms with Gasteiger partial charge in [-0.2, -0.15) is 0 Å². The molecule has 5 heterocycles. The van der Waals surface area contributed by atoms with E-state index in [1.54, 1.807) is 78.9 Å². The maximum atomic E-state index is 13.4. The van der Waals surface area contributed by atoms with E-state index < -0.39 is 41.8 Å². The van der Waals surface area contributed by atoms with Gasteiger partial charge in [0.15, 0.2) is 11.5 Å². The lowest BCUT2D eigenvalue weighted by atomic mass is 9.88. The van der Waals surface area contributed by atoms with Gasteiger partial charge in [-0.15, -0.1) is 0 Å². The van der Waals surface area contributed by atoms with Gasteiger partial charge < -0.3 is 64.5 Å². The number of aliphatic imine (C=N–C) groups is 2. The molecule has 21 nitrogen and oxygen atoms in total. The molecule has 0 fully saturated rings. The molecule has 0 aliphatic carbocycles. The summed E-state index contributed by atoms with van der Waals surface area (Å²) in [5.41, 5.74) is 9.33. The van der Waals surface area contributed by atoms with E-state index in [0.29, 0.717) is 79.9 Å². The molecule has 0 saturated heterocycles. The molecule has 454 valence electrons. The normalized spacial score (nSPS) is 17.0. The molecule has 10 rings (SSSR count). The average Bonchev–Trinajstić information content (AvgIpc) is 1.72. The zero-order chi connectivity index (χ0) is 62.4. The van der Waals surface area contributed by atoms with E-state index in [1.807, 2.05) is 48.6 Å². The molecule has 21 heteroatoms. The van der Waals surface area contributed by atoms with Crippen LogP contribution in [0.2, 0.25) is 0 Å². The third kappa shape index (κ3) is 15.3. The van der Waals surface area contributed by atoms with Gasteiger partial charge in [0.25, 0.3) is 0 Å². The number of amides is 1. The Balaban J connectivity index is 0.799. The number of H-pyrrole nitrogens is 2. The highest BCUT2D eigenvalue weighted by Gasteiger charge is 2.30. The largest absolute Gasteiger partial charge is 0.504 e. The molecule has 8 N–H and O–H groups in total. The summed E-state index contributed by atoms with van der Waals surface area (Å²) in [6, 6.07) is 38.2. The van der Waals surface area contributed by atoms with Gasteiger partial charge in [-0.05, 0) is 137 Å². The van der Waals surface area contributed by atoms with Crippen molar-refractivity contribution in [2.45, 2.75) is 31.2 Å². The molecule has 0 spiro atoms. The fraction of sp³-hybridized carbons (Fsp3) is 0.206. The summed E-state index contributed by atoms with van der Waals surface area (Å²) in [4.78, 5) is 91.4. The van der Waals surface area contributed by atoms with Gasteiger partial charge in [0.05, 0.1) is 97.4 Å². The van der Waals surface area contributed by atoms with Crippen molar-refractivity contribution in [2.24, 2.45) is 9.98 Å². The highest BCUT2D eigenvalue weighted by atomic mass is 16.6. The first-order valence-corrected chi connectivity index (χ1v) is 28.5. The maximum absolute atomic E-state index is 13.4. The Labute approximate surface area is 509 Å². The van der Waals surface area contributed by atoms with Crippen molar-refractivity contribution in [2.75, 3.05) is 59.4 Å². The molecule has 3 aliphatic rings. The molecule has 3 aliphatic heterocycles. The van der Waals surface area contributed by atoms with Crippen molar-refractivity contribution in [3.05, 3.63) is 242 Å². The summed E-state index contributed by atoms with van der Waals surface area (Å²) in [5.74, 6) is -5.57. The van der Waals surface area contributed by atoms with Crippen LogP contribution in [0.25, 0.3) is 16.7 Å². The number of carbonyl (C=O) groups is 6. The SMILES string of the molecule is O=C(CCC(=O)OCCOCCOCCOCCOC(=O)c1ccc(/C2=C3\C=CC(=N3)/C(c3ccc(C(=O)O)cc3)=c3/cc/c([nH]3)=C(\c3ccc(C(=O)O)cc3)C3=NC(C=C3)C(c3ccc(C(=O)O)cc3)c3ccc2[nH]3)cc1)NCCc1ccc(O)c(O)c1. The minimum Gasteiger partial charge on any atom is -0.504 e. The molecule has 2 aromatic heterocycles. The monoisotopic (exact) mass is 1200 g/mol. The van der Waals surface area contributed by atoms with Crippen LogP contribution in [0.5, 0.6) is 11.5 Å². The number of fused-ring (bicyclic) bond motifs is 6. The fourth-order valence-electron chi connectivity index (χ4n) is 10.4. The highest BCUT2D eigenvalue weighted by Crippen LogP contribution is 2.38. The molecule has 7 aromatic rings. The first kappa shape index (κ1) is 61.4. The Morgan fingerprint density at radius 3 is 1.63 bits per heavy atom. The van der Waals surface area contributed by atoms with Gasteiger partial charge in [0.2, 0.25) is 5.91 Å². The van der Waals surface area contributed by atoms with Gasteiger partial charge >= 0.3 is 29.8 Å². The summed E-state index contributed by atoms with van der Waals surface area (Å²) < 4.78 is 27.3. The Morgan fingerprint density at radius 1 is 0.506 bits per heavy atom. The van der Waals surface area contributed by atoms with Crippen LogP contribution in [0.4, 0.5) is 0 Å². The third-order valence-electron chi connectivity index (χ3n) is 14.8. The van der Waals surface area contributed by atoms with Crippen molar-refractivity contribution in [1.82, 2.24) is 15.3 Å². The summed E-state index contributed by atoms with van der Waals surface area (Å²) in [6.07, 6.45) is 7.96. The second-order valence-corrected chi connectivity index (χ2v) is 20.7. The van der Waals surface area contributed by atoms with Crippen molar-refractivity contribution < 1.29 is 78.0 Å². The van der Waals surface area contributed by atoms with Crippen LogP contribution < -0.4 is 16.0 Å². The number of benzene rings is 5. The first-order valence-electron chi connectivity index (χ1n) is 28.5. The van der Waals surface area contributed by atoms with Gasteiger partial charge in [0.1, 0.15) is 13.2 Å². The summed E-state index contributed by atoms with van der Waals surface area (Å²) in [6.45, 7) is 1.51. The summed E-state index contributed by atoms with van der Waals surface area (Å²) >= 11 is 0. The third-order valence-corrected chi connectivity index (χ3v) is 14.8. The number of esters is 2. The first-order chi connectivity index (χ1) is 43.2. The number of nitrogens with one attached hydrogen (secondary N) is 3. The molecule has 8 bridgehead atoms. The van der Waals surface area contributed by atoms with Crippen LogP contribution >= 0.6 is 0 Å². The van der Waals surface area contributed by atoms with Gasteiger partial charge in [-0.1, -0.05) is 60.7 Å². The van der Waals surface area contributed by atoms with E-state index in [2.05, 4.69) is 15.3 Å². The van der Waals surface area contributed by atoms with Crippen LogP contribution in [0.1, 0.15) is 99.4 Å². The number of aromatic carboxylic acids is 3. The van der Waals surface area contributed by atoms with E-state index >= 15 is 0 Å². The number of carbonyl (C=O) groups excluding carboxylic acids is 3. The lowest BCUT2D eigenvalue weighted by Crippen LogP contribution is -2.26. The van der Waals surface area contributed by atoms with E-state index in [9.17, 15) is 54.3 Å². The van der Waals surface area contributed by atoms with E-state index in [4.69, 9.17) is 33.7 Å². The number of allylic oxidation sites excluding steroid dienone is 3. The van der Waals surface area contributed by atoms with Crippen molar-refractivity contribution >= 4 is 63.9 Å². The maximum Gasteiger partial charge on any atom is 0.338 e. The van der Waals surface area contributed by atoms with Crippen LogP contribution in [0, 0.1) is 0 Å². The fourth-order valence-corrected chi connectivity index (χ4v) is 10.4. The van der Waals surface area contributed by atoms with E-state index in [-0.39, 0.29) is 105 Å². The zero-order valence-electron chi connectivity index (χ0n) is 47.8. The number of ether oxygens (including phenoxy) is 5. The van der Waals surface area contributed by atoms with Gasteiger partial charge in [-0.3, -0.25) is 14.6 Å². The zero-order valence-corrected chi connectivity index (χ0v) is 47.8. The highest BCUT2D eigenvalue weighted by molar-refractivity contribution is 6.31. The van der Waals surface area contributed by atoms with Crippen LogP contribution in [0.15, 0.2) is 180 Å². The average molecular weight is 1200 g/mol. The lowest BCUT2D eigenvalue weighted by molar-refractivity contribution is -0.146. The number of carboxylic acids is 3. The minimum atomic E-state index is -1.08. The number of aromatic hydroxyl groups is 2. The summed E-state index contributed by atoms with van der Waals surface area (Å²) in [7, 11) is 0. The number of carboxylic acid groups (broad SMARTS) is 3. The topological polar surface area (TPSA) is 318 Å². The molecular weight excluding hydrogens is 1140 g/mol. The molecule has 5 aromatic carbocycles. The number of hydrogen-bond acceptors (Lipinski definition) is 15. The molecule has 1 amide bonds. The second kappa shape index (κ2) is 28.6. The summed E-state index contributed by atoms with van der Waals surface area (Å²) in [5, 5.41) is 52.5. The second-order valence-electron chi connectivity index (χ2n) is 20.7. The van der Waals surface area contributed by atoms with Crippen LogP contribution in [-0.2, 0) is 39.7 Å². The Bertz CT molecular complexity index is 4100. The lowest BCUT2D eigenvalue weighted by Gasteiger charge is -2.21. The predicted octanol–water partition coefficient (Wildman–Crippen LogP) is 7.13. The molecule has 0 radical (unpaired) electrons. The molecule has 0 saturated carbocycles. The quantitative estimate of drug-likeness (QED) is 0.0152. The van der Waals surface area contributed by atoms with Crippen molar-refractivity contribution in [3.8, 4) is 11.5 Å². The number of hydrogen-bond donors (Lipinski definition) is 8. The standard InChI is InChI=1S/C68H61N5O16/c74-57-26-1-40(39-58(57)75)29-30-69-59(76)27-28-60(77)88-37-35-86-33-31-85-32-34-87-36-38-89-68(84)48-16-8-44(9-17-48)64-55-24-22-53(72-55)62(42-4-12-46(13-5-42)66(80)81)51-20-18-49(70-51)61(41-2-10-45(11-3-41)65(78)79)50-19-21-52(71-50)63(54-23-25-56(64)73-54)43-6-14-47(15-7-43)67(82)83/h1-26,39,51,62,71-72,74-75H,27-38H2,(H,69,76)(H,78,79)(H,80,81)(H,82,83)/b61-50-,63-52-,64-56-. The molecular formula is C68H61N5O16. The van der Waals surface area contributed by atoms with Gasteiger partial charge in [0, 0.05) is 51.8 Å². The van der Waals surface area contributed by atoms with E-state index in [1.165, 1.54) is 36.4 Å². The number of aromatic amines is 2. The molecule has 2 atom stereocenters. The Morgan fingerprint density at radius 2 is 1.04 bits per heavy atom. The van der Waals surface area contributed by atoms with E-state index in [0.717, 1.165) is 16.8 Å². The minimum absolute atomic E-state index is 0.0119.